The van der Waals surface area contributed by atoms with E-state index in [0.717, 1.165) is 48.6 Å². The molecule has 2 bridgehead atoms. The van der Waals surface area contributed by atoms with Crippen LogP contribution in [-0.4, -0.2) is 73.1 Å². The van der Waals surface area contributed by atoms with E-state index in [4.69, 9.17) is 14.2 Å². The quantitative estimate of drug-likeness (QED) is 0.622. The van der Waals surface area contributed by atoms with E-state index in [2.05, 4.69) is 29.9 Å². The molecule has 8 nitrogen and oxygen atoms in total. The first kappa shape index (κ1) is 24.1. The second-order valence-electron chi connectivity index (χ2n) is 11.8. The number of nitrogens with zero attached hydrogens (tertiary/aromatic N) is 2. The number of piperidine rings is 2. The fourth-order valence-electron chi connectivity index (χ4n) is 8.39. The Labute approximate surface area is 223 Å². The van der Waals surface area contributed by atoms with Crippen LogP contribution in [0.5, 0.6) is 11.5 Å². The van der Waals surface area contributed by atoms with Crippen LogP contribution >= 0.6 is 0 Å². The number of aromatic nitrogens is 1. The van der Waals surface area contributed by atoms with E-state index in [1.807, 2.05) is 17.9 Å². The minimum atomic E-state index is -0.146. The molecule has 4 heterocycles. The molecule has 1 spiro atoms. The summed E-state index contributed by atoms with van der Waals surface area (Å²) in [6.45, 7) is 6.48. The van der Waals surface area contributed by atoms with Gasteiger partial charge in [0.05, 0.1) is 25.3 Å². The Morgan fingerprint density at radius 1 is 1.18 bits per heavy atom. The largest absolute Gasteiger partial charge is 0.493 e. The molecule has 2 aromatic rings. The molecule has 5 aliphatic rings. The summed E-state index contributed by atoms with van der Waals surface area (Å²) < 4.78 is 17.8. The summed E-state index contributed by atoms with van der Waals surface area (Å²) in [5.74, 6) is 1.89. The lowest BCUT2D eigenvalue weighted by Crippen LogP contribution is -2.62. The molecule has 38 heavy (non-hydrogen) atoms. The van der Waals surface area contributed by atoms with Crippen molar-refractivity contribution >= 4 is 11.9 Å². The minimum absolute atomic E-state index is 0.0218. The molecule has 1 N–H and O–H groups in total. The molecular weight excluding hydrogens is 482 g/mol. The SMILES string of the molecule is CCOC(=O)C1CCN(C(=O)c2[nH]c3c(c2C)C[C@H]2[C@@H]4Cc5ccc(OC)c6c5C2(CCN4C)[C@H]3O6)CC1. The molecule has 0 saturated carbocycles. The van der Waals surface area contributed by atoms with Crippen LogP contribution in [0, 0.1) is 18.8 Å². The predicted octanol–water partition coefficient (Wildman–Crippen LogP) is 3.55. The van der Waals surface area contributed by atoms with Gasteiger partial charge in [-0.15, -0.1) is 0 Å². The van der Waals surface area contributed by atoms with Gasteiger partial charge in [0.25, 0.3) is 5.91 Å². The van der Waals surface area contributed by atoms with Gasteiger partial charge in [0.15, 0.2) is 11.5 Å². The van der Waals surface area contributed by atoms with Gasteiger partial charge in [0.2, 0.25) is 0 Å². The van der Waals surface area contributed by atoms with E-state index >= 15 is 0 Å². The van der Waals surface area contributed by atoms with Gasteiger partial charge in [-0.05, 0) is 88.2 Å². The maximum atomic E-state index is 13.8. The summed E-state index contributed by atoms with van der Waals surface area (Å²) in [6, 6.07) is 4.73. The van der Waals surface area contributed by atoms with Gasteiger partial charge >= 0.3 is 5.97 Å². The summed E-state index contributed by atoms with van der Waals surface area (Å²) in [4.78, 5) is 34.0. The first-order chi connectivity index (χ1) is 18.4. The number of fused-ring (bicyclic) bond motifs is 2. The maximum Gasteiger partial charge on any atom is 0.309 e. The standard InChI is InChI=1S/C30H37N3O5/c1-5-37-29(35)17-8-11-33(12-9-17)28(34)24-16(2)19-15-20-21-14-18-6-7-22(36-4)26-23(18)30(20,10-13-32(21)3)27(38-26)25(19)31-24/h6-7,17,20-21,27,31H,5,8-15H2,1-4H3/t20-,21-,27-,30?/m0/s1. The van der Waals surface area contributed by atoms with Gasteiger partial charge < -0.3 is 29.0 Å². The van der Waals surface area contributed by atoms with E-state index in [1.165, 1.54) is 16.7 Å². The highest BCUT2D eigenvalue weighted by atomic mass is 16.5. The third-order valence-electron chi connectivity index (χ3n) is 10.3. The Morgan fingerprint density at radius 3 is 2.71 bits per heavy atom. The van der Waals surface area contributed by atoms with Crippen molar-refractivity contribution in [2.75, 3.05) is 40.4 Å². The number of carbonyl (C=O) groups excluding carboxylic acids is 2. The fraction of sp³-hybridized carbons (Fsp3) is 0.600. The summed E-state index contributed by atoms with van der Waals surface area (Å²) in [6.07, 6.45) is 4.14. The van der Waals surface area contributed by atoms with E-state index in [-0.39, 0.29) is 29.3 Å². The van der Waals surface area contributed by atoms with Crippen LogP contribution in [0.2, 0.25) is 0 Å². The van der Waals surface area contributed by atoms with Crippen LogP contribution in [0.25, 0.3) is 0 Å². The molecular formula is C30H37N3O5. The van der Waals surface area contributed by atoms with Crippen LogP contribution in [0.4, 0.5) is 0 Å². The van der Waals surface area contributed by atoms with Gasteiger partial charge in [0, 0.05) is 30.1 Å². The van der Waals surface area contributed by atoms with Crippen LogP contribution in [0.15, 0.2) is 12.1 Å². The predicted molar refractivity (Wildman–Crippen MR) is 141 cm³/mol. The number of hydrogen-bond acceptors (Lipinski definition) is 6. The number of carbonyl (C=O) groups is 2. The summed E-state index contributed by atoms with van der Waals surface area (Å²) in [5.41, 5.74) is 6.66. The molecule has 7 rings (SSSR count). The summed E-state index contributed by atoms with van der Waals surface area (Å²) >= 11 is 0. The Bertz CT molecular complexity index is 1330. The third kappa shape index (κ3) is 3.07. The maximum absolute atomic E-state index is 13.8. The second kappa shape index (κ2) is 8.50. The highest BCUT2D eigenvalue weighted by Crippen LogP contribution is 2.67. The number of rotatable bonds is 4. The molecule has 2 fully saturated rings. The van der Waals surface area contributed by atoms with Gasteiger partial charge in [-0.3, -0.25) is 9.59 Å². The first-order valence-electron chi connectivity index (χ1n) is 14.1. The average Bonchev–Trinajstić information content (AvgIpc) is 3.45. The molecule has 4 atom stereocenters. The molecule has 0 radical (unpaired) electrons. The molecule has 1 aromatic heterocycles. The molecule has 2 saturated heterocycles. The Kier molecular flexibility index (Phi) is 5.38. The molecule has 2 aliphatic carbocycles. The third-order valence-corrected chi connectivity index (χ3v) is 10.3. The van der Waals surface area contributed by atoms with Crippen LogP contribution in [0.3, 0.4) is 0 Å². The van der Waals surface area contributed by atoms with Gasteiger partial charge in [-0.25, -0.2) is 0 Å². The lowest BCUT2D eigenvalue weighted by molar-refractivity contribution is -0.149. The Hall–Kier alpha value is -3.00. The number of nitrogens with one attached hydrogen (secondary N) is 1. The summed E-state index contributed by atoms with van der Waals surface area (Å²) in [5, 5.41) is 0. The second-order valence-corrected chi connectivity index (χ2v) is 11.8. The normalized spacial score (nSPS) is 29.4. The van der Waals surface area contributed by atoms with E-state index < -0.39 is 0 Å². The van der Waals surface area contributed by atoms with Crippen LogP contribution in [0.1, 0.15) is 70.7 Å². The van der Waals surface area contributed by atoms with Crippen LogP contribution in [-0.2, 0) is 27.8 Å². The number of ether oxygens (including phenoxy) is 3. The monoisotopic (exact) mass is 519 g/mol. The summed E-state index contributed by atoms with van der Waals surface area (Å²) in [7, 11) is 3.97. The molecule has 1 unspecified atom stereocenters. The minimum Gasteiger partial charge on any atom is -0.493 e. The molecule has 1 amide bonds. The Balaban J connectivity index is 1.25. The molecule has 8 heteroatoms. The molecule has 1 aromatic carbocycles. The zero-order chi connectivity index (χ0) is 26.3. The average molecular weight is 520 g/mol. The van der Waals surface area contributed by atoms with Crippen molar-refractivity contribution in [1.82, 2.24) is 14.8 Å². The fourth-order valence-corrected chi connectivity index (χ4v) is 8.39. The smallest absolute Gasteiger partial charge is 0.309 e. The number of amides is 1. The topological polar surface area (TPSA) is 84.1 Å². The number of hydrogen-bond donors (Lipinski definition) is 1. The first-order valence-corrected chi connectivity index (χ1v) is 14.1. The van der Waals surface area contributed by atoms with Crippen molar-refractivity contribution in [2.45, 2.75) is 63.5 Å². The van der Waals surface area contributed by atoms with E-state index in [1.54, 1.807) is 7.11 Å². The van der Waals surface area contributed by atoms with Crippen molar-refractivity contribution < 1.29 is 23.8 Å². The number of benzene rings is 1. The van der Waals surface area contributed by atoms with Gasteiger partial charge in [-0.1, -0.05) is 6.07 Å². The zero-order valence-electron chi connectivity index (χ0n) is 22.8. The lowest BCUT2D eigenvalue weighted by atomic mass is 9.51. The highest BCUT2D eigenvalue weighted by molar-refractivity contribution is 5.95. The Morgan fingerprint density at radius 2 is 1.97 bits per heavy atom. The van der Waals surface area contributed by atoms with Gasteiger partial charge in [0.1, 0.15) is 11.8 Å². The van der Waals surface area contributed by atoms with Crippen molar-refractivity contribution in [3.8, 4) is 11.5 Å². The number of H-pyrrole nitrogens is 1. The number of aromatic amines is 1. The highest BCUT2D eigenvalue weighted by Gasteiger charge is 2.65. The number of likely N-dealkylation sites (N-methyl/N-ethyl adjacent to an activating group) is 1. The van der Waals surface area contributed by atoms with Crippen molar-refractivity contribution in [3.63, 3.8) is 0 Å². The molecule has 202 valence electrons. The van der Waals surface area contributed by atoms with Crippen molar-refractivity contribution in [2.24, 2.45) is 11.8 Å². The lowest BCUT2D eigenvalue weighted by Gasteiger charge is -2.57. The van der Waals surface area contributed by atoms with E-state index in [0.29, 0.717) is 50.2 Å². The molecule has 3 aliphatic heterocycles. The number of methoxy groups -OCH3 is 1. The van der Waals surface area contributed by atoms with Crippen molar-refractivity contribution in [3.05, 3.63) is 45.8 Å². The number of likely N-dealkylation sites (tertiary alicyclic amines) is 2. The number of esters is 1. The van der Waals surface area contributed by atoms with Gasteiger partial charge in [-0.2, -0.15) is 0 Å². The van der Waals surface area contributed by atoms with E-state index in [9.17, 15) is 9.59 Å². The van der Waals surface area contributed by atoms with Crippen molar-refractivity contribution in [1.29, 1.82) is 0 Å². The van der Waals surface area contributed by atoms with Crippen LogP contribution < -0.4 is 9.47 Å². The zero-order valence-corrected chi connectivity index (χ0v) is 22.8.